The van der Waals surface area contributed by atoms with Gasteiger partial charge in [-0.1, -0.05) is 18.2 Å². The van der Waals surface area contributed by atoms with Crippen LogP contribution >= 0.6 is 11.6 Å². The second-order valence-corrected chi connectivity index (χ2v) is 4.19. The number of para-hydroxylation sites is 1. The Kier molecular flexibility index (Phi) is 3.99. The molecule has 0 unspecified atom stereocenters. The number of aromatic nitrogens is 2. The van der Waals surface area contributed by atoms with Crippen LogP contribution in [0.1, 0.15) is 5.56 Å². The van der Waals surface area contributed by atoms with Crippen molar-refractivity contribution in [2.24, 2.45) is 0 Å². The maximum Gasteiger partial charge on any atom is 0.224 e. The summed E-state index contributed by atoms with van der Waals surface area (Å²) in [6.07, 6.45) is 1.64. The van der Waals surface area contributed by atoms with Crippen molar-refractivity contribution in [3.8, 4) is 5.75 Å². The molecular weight excluding hydrogens is 250 g/mol. The van der Waals surface area contributed by atoms with Crippen molar-refractivity contribution in [2.75, 3.05) is 19.1 Å². The normalized spacial score (nSPS) is 10.2. The van der Waals surface area contributed by atoms with Gasteiger partial charge in [0, 0.05) is 25.4 Å². The fraction of sp³-hybridized carbons (Fsp3) is 0.231. The third kappa shape index (κ3) is 2.90. The molecule has 0 N–H and O–H groups in total. The lowest BCUT2D eigenvalue weighted by Crippen LogP contribution is -2.18. The van der Waals surface area contributed by atoms with Crippen LogP contribution < -0.4 is 9.64 Å². The zero-order valence-corrected chi connectivity index (χ0v) is 11.1. The topological polar surface area (TPSA) is 38.2 Å². The van der Waals surface area contributed by atoms with Crippen molar-refractivity contribution in [2.45, 2.75) is 6.54 Å². The molecular formula is C13H14ClN3O. The predicted octanol–water partition coefficient (Wildman–Crippen LogP) is 2.78. The maximum absolute atomic E-state index is 5.78. The average Bonchev–Trinajstić information content (AvgIpc) is 2.39. The Bertz CT molecular complexity index is 533. The van der Waals surface area contributed by atoms with Crippen LogP contribution in [0.15, 0.2) is 36.5 Å². The first-order chi connectivity index (χ1) is 8.70. The SMILES string of the molecule is COc1ccccc1CN(C)c1ccnc(Cl)n1. The van der Waals surface area contributed by atoms with Gasteiger partial charge in [-0.3, -0.25) is 0 Å². The lowest BCUT2D eigenvalue weighted by molar-refractivity contribution is 0.409. The predicted molar refractivity (Wildman–Crippen MR) is 72.1 cm³/mol. The Balaban J connectivity index is 2.18. The van der Waals surface area contributed by atoms with Gasteiger partial charge in [0.05, 0.1) is 7.11 Å². The number of benzene rings is 1. The van der Waals surface area contributed by atoms with Crippen molar-refractivity contribution < 1.29 is 4.74 Å². The summed E-state index contributed by atoms with van der Waals surface area (Å²) in [7, 11) is 3.62. The summed E-state index contributed by atoms with van der Waals surface area (Å²) < 4.78 is 5.32. The molecule has 0 fully saturated rings. The second kappa shape index (κ2) is 5.69. The van der Waals surface area contributed by atoms with Crippen LogP contribution in [0.5, 0.6) is 5.75 Å². The van der Waals surface area contributed by atoms with Gasteiger partial charge >= 0.3 is 0 Å². The number of anilines is 1. The van der Waals surface area contributed by atoms with Gasteiger partial charge in [-0.2, -0.15) is 0 Å². The van der Waals surface area contributed by atoms with Crippen molar-refractivity contribution >= 4 is 17.4 Å². The lowest BCUT2D eigenvalue weighted by atomic mass is 10.2. The molecule has 0 aliphatic carbocycles. The van der Waals surface area contributed by atoms with Crippen LogP contribution in [0, 0.1) is 0 Å². The molecule has 0 aliphatic rings. The van der Waals surface area contributed by atoms with Crippen molar-refractivity contribution in [1.29, 1.82) is 0 Å². The van der Waals surface area contributed by atoms with E-state index in [4.69, 9.17) is 16.3 Å². The van der Waals surface area contributed by atoms with Crippen LogP contribution in [0.4, 0.5) is 5.82 Å². The number of hydrogen-bond acceptors (Lipinski definition) is 4. The highest BCUT2D eigenvalue weighted by atomic mass is 35.5. The van der Waals surface area contributed by atoms with Crippen molar-refractivity contribution in [3.05, 3.63) is 47.4 Å². The Labute approximate surface area is 111 Å². The molecule has 18 heavy (non-hydrogen) atoms. The lowest BCUT2D eigenvalue weighted by Gasteiger charge is -2.19. The van der Waals surface area contributed by atoms with Crippen LogP contribution in [0.2, 0.25) is 5.28 Å². The maximum atomic E-state index is 5.78. The third-order valence-electron chi connectivity index (χ3n) is 2.60. The van der Waals surface area contributed by atoms with Crippen molar-refractivity contribution in [1.82, 2.24) is 9.97 Å². The number of halogens is 1. The molecule has 94 valence electrons. The van der Waals surface area contributed by atoms with Crippen molar-refractivity contribution in [3.63, 3.8) is 0 Å². The molecule has 1 aromatic heterocycles. The number of nitrogens with zero attached hydrogens (tertiary/aromatic N) is 3. The van der Waals surface area contributed by atoms with Gasteiger partial charge in [0.2, 0.25) is 5.28 Å². The van der Waals surface area contributed by atoms with E-state index in [9.17, 15) is 0 Å². The summed E-state index contributed by atoms with van der Waals surface area (Å²) in [5.74, 6) is 1.64. The van der Waals surface area contributed by atoms with Crippen LogP contribution in [-0.2, 0) is 6.54 Å². The highest BCUT2D eigenvalue weighted by Gasteiger charge is 2.08. The Morgan fingerprint density at radius 2 is 2.06 bits per heavy atom. The van der Waals surface area contributed by atoms with E-state index in [1.54, 1.807) is 13.3 Å². The minimum atomic E-state index is 0.249. The molecule has 0 saturated carbocycles. The monoisotopic (exact) mass is 263 g/mol. The fourth-order valence-electron chi connectivity index (χ4n) is 1.71. The largest absolute Gasteiger partial charge is 0.496 e. The molecule has 5 heteroatoms. The van der Waals surface area contributed by atoms with Gasteiger partial charge in [0.25, 0.3) is 0 Å². The average molecular weight is 264 g/mol. The highest BCUT2D eigenvalue weighted by Crippen LogP contribution is 2.21. The number of hydrogen-bond donors (Lipinski definition) is 0. The van der Waals surface area contributed by atoms with Crippen LogP contribution in [0.3, 0.4) is 0 Å². The molecule has 0 radical (unpaired) electrons. The summed E-state index contributed by atoms with van der Waals surface area (Å²) in [4.78, 5) is 10.0. The van der Waals surface area contributed by atoms with Gasteiger partial charge in [-0.15, -0.1) is 0 Å². The zero-order chi connectivity index (χ0) is 13.0. The van der Waals surface area contributed by atoms with Crippen LogP contribution in [-0.4, -0.2) is 24.1 Å². The van der Waals surface area contributed by atoms with E-state index in [0.717, 1.165) is 17.1 Å². The summed E-state index contributed by atoms with van der Waals surface area (Å²) in [5, 5.41) is 0.249. The van der Waals surface area contributed by atoms with Gasteiger partial charge in [-0.25, -0.2) is 9.97 Å². The number of ether oxygens (including phenoxy) is 1. The first-order valence-electron chi connectivity index (χ1n) is 5.52. The molecule has 4 nitrogen and oxygen atoms in total. The Morgan fingerprint density at radius 3 is 2.78 bits per heavy atom. The van der Waals surface area contributed by atoms with Gasteiger partial charge in [-0.05, 0) is 23.7 Å². The fourth-order valence-corrected chi connectivity index (χ4v) is 1.85. The molecule has 0 spiro atoms. The van der Waals surface area contributed by atoms with E-state index < -0.39 is 0 Å². The molecule has 1 heterocycles. The summed E-state index contributed by atoms with van der Waals surface area (Å²) in [5.41, 5.74) is 1.09. The molecule has 0 aliphatic heterocycles. The van der Waals surface area contributed by atoms with E-state index in [0.29, 0.717) is 6.54 Å². The Hall–Kier alpha value is -1.81. The minimum Gasteiger partial charge on any atom is -0.496 e. The van der Waals surface area contributed by atoms with Gasteiger partial charge in [0.1, 0.15) is 11.6 Å². The number of rotatable bonds is 4. The Morgan fingerprint density at radius 1 is 1.28 bits per heavy atom. The molecule has 2 rings (SSSR count). The van der Waals surface area contributed by atoms with Crippen LogP contribution in [0.25, 0.3) is 0 Å². The van der Waals surface area contributed by atoms with E-state index in [1.807, 2.05) is 42.3 Å². The van der Waals surface area contributed by atoms with Gasteiger partial charge in [0.15, 0.2) is 0 Å². The standard InChI is InChI=1S/C13H14ClN3O/c1-17(12-7-8-15-13(14)16-12)9-10-5-3-4-6-11(10)18-2/h3-8H,9H2,1-2H3. The molecule has 0 saturated heterocycles. The quantitative estimate of drug-likeness (QED) is 0.795. The molecule has 0 bridgehead atoms. The summed E-state index contributed by atoms with van der Waals surface area (Å²) in [6, 6.07) is 9.72. The zero-order valence-electron chi connectivity index (χ0n) is 10.3. The summed E-state index contributed by atoms with van der Waals surface area (Å²) >= 11 is 5.78. The molecule has 0 amide bonds. The first kappa shape index (κ1) is 12.6. The second-order valence-electron chi connectivity index (χ2n) is 3.85. The number of methoxy groups -OCH3 is 1. The van der Waals surface area contributed by atoms with E-state index in [1.165, 1.54) is 0 Å². The first-order valence-corrected chi connectivity index (χ1v) is 5.90. The smallest absolute Gasteiger partial charge is 0.224 e. The van der Waals surface area contributed by atoms with E-state index in [2.05, 4.69) is 9.97 Å². The third-order valence-corrected chi connectivity index (χ3v) is 2.78. The summed E-state index contributed by atoms with van der Waals surface area (Å²) in [6.45, 7) is 0.692. The highest BCUT2D eigenvalue weighted by molar-refractivity contribution is 6.28. The van der Waals surface area contributed by atoms with E-state index >= 15 is 0 Å². The van der Waals surface area contributed by atoms with E-state index in [-0.39, 0.29) is 5.28 Å². The molecule has 1 aromatic carbocycles. The minimum absolute atomic E-state index is 0.249. The molecule has 2 aromatic rings. The van der Waals surface area contributed by atoms with Gasteiger partial charge < -0.3 is 9.64 Å². The molecule has 0 atom stereocenters.